The second-order valence-corrected chi connectivity index (χ2v) is 2.08. The zero-order valence-electron chi connectivity index (χ0n) is 5.33. The van der Waals surface area contributed by atoms with Gasteiger partial charge in [0, 0.05) is 12.1 Å². The molecule has 1 rings (SSSR count). The molecule has 9 heavy (non-hydrogen) atoms. The normalized spacial score (nSPS) is 13.6. The maximum absolute atomic E-state index is 8.65. The molecule has 3 nitrogen and oxygen atoms in total. The van der Waals surface area contributed by atoms with E-state index in [0.717, 1.165) is 5.69 Å². The Bertz CT molecular complexity index is 160. The molecule has 0 aliphatic heterocycles. The molecule has 1 atom stereocenters. The zero-order chi connectivity index (χ0) is 6.69. The van der Waals surface area contributed by atoms with Crippen molar-refractivity contribution in [1.29, 1.82) is 0 Å². The molecule has 50 valence electrons. The summed E-state index contributed by atoms with van der Waals surface area (Å²) >= 11 is 0. The van der Waals surface area contributed by atoms with Crippen molar-refractivity contribution in [3.8, 4) is 0 Å². The fraction of sp³-hybridized carbons (Fsp3) is 0.500. The van der Waals surface area contributed by atoms with Gasteiger partial charge in [-0.15, -0.1) is 0 Å². The minimum Gasteiger partial charge on any atom is -0.396 e. The third-order valence-electron chi connectivity index (χ3n) is 1.30. The smallest absolute Gasteiger partial charge is 0.0923 e. The minimum absolute atomic E-state index is 0.149. The van der Waals surface area contributed by atoms with Gasteiger partial charge in [-0.2, -0.15) is 0 Å². The molecule has 0 bridgehead atoms. The van der Waals surface area contributed by atoms with E-state index in [1.807, 2.05) is 6.92 Å². The summed E-state index contributed by atoms with van der Waals surface area (Å²) in [6, 6.07) is 0. The first-order valence-electron chi connectivity index (χ1n) is 2.94. The van der Waals surface area contributed by atoms with Crippen LogP contribution in [0, 0.1) is 0 Å². The van der Waals surface area contributed by atoms with Crippen LogP contribution in [0.4, 0.5) is 0 Å². The van der Waals surface area contributed by atoms with Crippen molar-refractivity contribution in [3.63, 3.8) is 0 Å². The van der Waals surface area contributed by atoms with Crippen LogP contribution in [-0.2, 0) is 0 Å². The quantitative estimate of drug-likeness (QED) is 0.606. The molecule has 1 unspecified atom stereocenters. The summed E-state index contributed by atoms with van der Waals surface area (Å²) in [6.07, 6.45) is 3.41. The second kappa shape index (κ2) is 2.64. The third kappa shape index (κ3) is 1.29. The average molecular weight is 126 g/mol. The Morgan fingerprint density at radius 2 is 2.67 bits per heavy atom. The number of aliphatic hydroxyl groups is 1. The number of hydrogen-bond acceptors (Lipinski definition) is 2. The molecule has 0 fully saturated rings. The van der Waals surface area contributed by atoms with Gasteiger partial charge in [-0.1, -0.05) is 6.92 Å². The predicted molar refractivity (Wildman–Crippen MR) is 34.1 cm³/mol. The number of aromatic nitrogens is 2. The first-order valence-corrected chi connectivity index (χ1v) is 2.94. The van der Waals surface area contributed by atoms with E-state index >= 15 is 0 Å². The molecule has 1 aromatic heterocycles. The van der Waals surface area contributed by atoms with Crippen LogP contribution in [0.15, 0.2) is 12.5 Å². The molecule has 0 aromatic carbocycles. The first-order chi connectivity index (χ1) is 4.34. The highest BCUT2D eigenvalue weighted by Crippen LogP contribution is 2.08. The molecule has 0 aliphatic rings. The van der Waals surface area contributed by atoms with Crippen LogP contribution in [0.1, 0.15) is 18.5 Å². The van der Waals surface area contributed by atoms with Gasteiger partial charge in [0.25, 0.3) is 0 Å². The van der Waals surface area contributed by atoms with Crippen molar-refractivity contribution in [1.82, 2.24) is 9.97 Å². The molecule has 0 spiro atoms. The van der Waals surface area contributed by atoms with Gasteiger partial charge < -0.3 is 10.1 Å². The second-order valence-electron chi connectivity index (χ2n) is 2.08. The summed E-state index contributed by atoms with van der Waals surface area (Å²) in [7, 11) is 0. The number of hydrogen-bond donors (Lipinski definition) is 2. The van der Waals surface area contributed by atoms with Crippen LogP contribution in [0.25, 0.3) is 0 Å². The number of aliphatic hydroxyl groups excluding tert-OH is 1. The van der Waals surface area contributed by atoms with E-state index in [9.17, 15) is 0 Å². The Balaban J connectivity index is 2.65. The molecular weight excluding hydrogens is 116 g/mol. The Kier molecular flexibility index (Phi) is 1.85. The van der Waals surface area contributed by atoms with Gasteiger partial charge in [-0.25, -0.2) is 4.98 Å². The molecule has 3 heteroatoms. The van der Waals surface area contributed by atoms with Crippen molar-refractivity contribution in [2.75, 3.05) is 6.61 Å². The highest BCUT2D eigenvalue weighted by molar-refractivity contribution is 5.00. The van der Waals surface area contributed by atoms with Gasteiger partial charge in [0.2, 0.25) is 0 Å². The first kappa shape index (κ1) is 6.29. The molecule has 2 N–H and O–H groups in total. The van der Waals surface area contributed by atoms with Crippen LogP contribution in [0.3, 0.4) is 0 Å². The topological polar surface area (TPSA) is 48.9 Å². The van der Waals surface area contributed by atoms with Crippen molar-refractivity contribution in [2.24, 2.45) is 0 Å². The molecule has 0 amide bonds. The van der Waals surface area contributed by atoms with Crippen molar-refractivity contribution >= 4 is 0 Å². The lowest BCUT2D eigenvalue weighted by Crippen LogP contribution is -1.98. The summed E-state index contributed by atoms with van der Waals surface area (Å²) in [5.74, 6) is 0.149. The fourth-order valence-corrected chi connectivity index (χ4v) is 0.635. The molecule has 0 radical (unpaired) electrons. The highest BCUT2D eigenvalue weighted by atomic mass is 16.3. The molecule has 0 saturated heterocycles. The number of nitrogens with one attached hydrogen (secondary N) is 1. The van der Waals surface area contributed by atoms with E-state index in [2.05, 4.69) is 9.97 Å². The Morgan fingerprint density at radius 1 is 1.89 bits per heavy atom. The van der Waals surface area contributed by atoms with Crippen LogP contribution >= 0.6 is 0 Å². The van der Waals surface area contributed by atoms with E-state index in [1.54, 1.807) is 12.5 Å². The maximum Gasteiger partial charge on any atom is 0.0923 e. The molecule has 0 saturated carbocycles. The van der Waals surface area contributed by atoms with Gasteiger partial charge in [0.1, 0.15) is 0 Å². The van der Waals surface area contributed by atoms with Crippen LogP contribution in [0.2, 0.25) is 0 Å². The number of aromatic amines is 1. The maximum atomic E-state index is 8.65. The van der Waals surface area contributed by atoms with Gasteiger partial charge in [0.05, 0.1) is 18.6 Å². The molecular formula is C6H10N2O. The van der Waals surface area contributed by atoms with E-state index in [-0.39, 0.29) is 12.5 Å². The largest absolute Gasteiger partial charge is 0.396 e. The lowest BCUT2D eigenvalue weighted by atomic mass is 10.1. The van der Waals surface area contributed by atoms with E-state index in [1.165, 1.54) is 0 Å². The van der Waals surface area contributed by atoms with Crippen molar-refractivity contribution in [2.45, 2.75) is 12.8 Å². The zero-order valence-corrected chi connectivity index (χ0v) is 5.33. The van der Waals surface area contributed by atoms with Crippen molar-refractivity contribution < 1.29 is 5.11 Å². The van der Waals surface area contributed by atoms with Gasteiger partial charge in [0.15, 0.2) is 0 Å². The lowest BCUT2D eigenvalue weighted by Gasteiger charge is -2.00. The van der Waals surface area contributed by atoms with E-state index < -0.39 is 0 Å². The van der Waals surface area contributed by atoms with Crippen LogP contribution in [0.5, 0.6) is 0 Å². The van der Waals surface area contributed by atoms with Crippen molar-refractivity contribution in [3.05, 3.63) is 18.2 Å². The molecule has 1 heterocycles. The Hall–Kier alpha value is -0.830. The Labute approximate surface area is 53.7 Å². The highest BCUT2D eigenvalue weighted by Gasteiger charge is 2.03. The summed E-state index contributed by atoms with van der Waals surface area (Å²) in [4.78, 5) is 6.79. The average Bonchev–Trinajstić information content (AvgIpc) is 2.37. The molecule has 1 aromatic rings. The van der Waals surface area contributed by atoms with Gasteiger partial charge in [-0.3, -0.25) is 0 Å². The Morgan fingerprint density at radius 3 is 3.11 bits per heavy atom. The monoisotopic (exact) mass is 126 g/mol. The number of nitrogens with zero attached hydrogens (tertiary/aromatic N) is 1. The summed E-state index contributed by atoms with van der Waals surface area (Å²) in [5, 5.41) is 8.65. The van der Waals surface area contributed by atoms with Gasteiger partial charge in [-0.05, 0) is 0 Å². The standard InChI is InChI=1S/C6H10N2O/c1-5(3-9)6-2-7-4-8-6/h2,4-5,9H,3H2,1H3,(H,7,8). The van der Waals surface area contributed by atoms with E-state index in [0.29, 0.717) is 0 Å². The predicted octanol–water partition coefficient (Wildman–Crippen LogP) is 0.505. The van der Waals surface area contributed by atoms with Crippen LogP contribution in [-0.4, -0.2) is 21.7 Å². The SMILES string of the molecule is CC(CO)c1c[nH]cn1. The summed E-state index contributed by atoms with van der Waals surface area (Å²) in [5.41, 5.74) is 0.914. The van der Waals surface area contributed by atoms with E-state index in [4.69, 9.17) is 5.11 Å². The number of rotatable bonds is 2. The summed E-state index contributed by atoms with van der Waals surface area (Å²) < 4.78 is 0. The number of imidazole rings is 1. The van der Waals surface area contributed by atoms with Crippen LogP contribution < -0.4 is 0 Å². The number of H-pyrrole nitrogens is 1. The minimum atomic E-state index is 0.149. The third-order valence-corrected chi connectivity index (χ3v) is 1.30. The summed E-state index contributed by atoms with van der Waals surface area (Å²) in [6.45, 7) is 2.08. The fourth-order valence-electron chi connectivity index (χ4n) is 0.635. The lowest BCUT2D eigenvalue weighted by molar-refractivity contribution is 0.271. The molecule has 0 aliphatic carbocycles. The van der Waals surface area contributed by atoms with Gasteiger partial charge >= 0.3 is 0 Å².